The molecule has 2 aliphatic rings. The Morgan fingerprint density at radius 1 is 1.22 bits per heavy atom. The molecule has 3 heterocycles. The van der Waals surface area contributed by atoms with Gasteiger partial charge in [0.15, 0.2) is 0 Å². The molecule has 27 heavy (non-hydrogen) atoms. The van der Waals surface area contributed by atoms with Gasteiger partial charge >= 0.3 is 0 Å². The number of amides is 1. The van der Waals surface area contributed by atoms with Crippen molar-refractivity contribution in [1.29, 1.82) is 0 Å². The van der Waals surface area contributed by atoms with Crippen LogP contribution in [-0.4, -0.2) is 61.9 Å². The number of carbonyl (C=O) groups excluding carboxylic acids is 1. The first-order valence-electron chi connectivity index (χ1n) is 9.25. The van der Waals surface area contributed by atoms with Crippen LogP contribution in [0.3, 0.4) is 0 Å². The van der Waals surface area contributed by atoms with Crippen molar-refractivity contribution in [3.63, 3.8) is 0 Å². The third-order valence-corrected chi connectivity index (χ3v) is 7.53. The van der Waals surface area contributed by atoms with Crippen LogP contribution in [0.25, 0.3) is 6.08 Å². The van der Waals surface area contributed by atoms with E-state index in [1.54, 1.807) is 12.1 Å². The van der Waals surface area contributed by atoms with E-state index in [4.69, 9.17) is 11.6 Å². The lowest BCUT2D eigenvalue weighted by molar-refractivity contribution is -0.131. The van der Waals surface area contributed by atoms with Gasteiger partial charge in [0, 0.05) is 42.0 Å². The predicted molar refractivity (Wildman–Crippen MR) is 110 cm³/mol. The van der Waals surface area contributed by atoms with Gasteiger partial charge in [0.25, 0.3) is 0 Å². The average molecular weight is 432 g/mol. The lowest BCUT2D eigenvalue weighted by Gasteiger charge is -2.38. The highest BCUT2D eigenvalue weighted by molar-refractivity contribution is 7.92. The summed E-state index contributed by atoms with van der Waals surface area (Å²) < 4.78 is 27.8. The van der Waals surface area contributed by atoms with Gasteiger partial charge in [-0.05, 0) is 51.3 Å². The van der Waals surface area contributed by atoms with Crippen molar-refractivity contribution in [1.82, 2.24) is 14.5 Å². The zero-order valence-corrected chi connectivity index (χ0v) is 18.0. The number of halogens is 1. The summed E-state index contributed by atoms with van der Waals surface area (Å²) in [6.07, 6.45) is 3.91. The van der Waals surface area contributed by atoms with Crippen LogP contribution in [0.4, 0.5) is 0 Å². The first-order chi connectivity index (χ1) is 12.7. The molecule has 2 saturated heterocycles. The third-order valence-electron chi connectivity index (χ3n) is 5.22. The Kier molecular flexibility index (Phi) is 6.63. The molecule has 1 aromatic rings. The molecule has 6 nitrogen and oxygen atoms in total. The van der Waals surface area contributed by atoms with Gasteiger partial charge in [0.2, 0.25) is 15.9 Å². The number of sulfonamides is 1. The van der Waals surface area contributed by atoms with Gasteiger partial charge in [-0.15, -0.1) is 11.3 Å². The van der Waals surface area contributed by atoms with Crippen LogP contribution in [0.2, 0.25) is 4.34 Å². The molecule has 0 bridgehead atoms. The van der Waals surface area contributed by atoms with Gasteiger partial charge in [0.05, 0.1) is 4.34 Å². The van der Waals surface area contributed by atoms with Crippen molar-refractivity contribution in [3.05, 3.63) is 26.8 Å². The summed E-state index contributed by atoms with van der Waals surface area (Å²) in [7, 11) is -3.68. The molecule has 0 aromatic carbocycles. The number of nitrogens with one attached hydrogen (secondary N) is 1. The molecular weight excluding hydrogens is 406 g/mol. The van der Waals surface area contributed by atoms with Crippen LogP contribution >= 0.6 is 22.9 Å². The molecule has 0 spiro atoms. The highest BCUT2D eigenvalue weighted by Crippen LogP contribution is 2.25. The van der Waals surface area contributed by atoms with E-state index < -0.39 is 16.1 Å². The minimum absolute atomic E-state index is 0.103. The van der Waals surface area contributed by atoms with Gasteiger partial charge < -0.3 is 9.80 Å². The van der Waals surface area contributed by atoms with Crippen molar-refractivity contribution < 1.29 is 13.2 Å². The topological polar surface area (TPSA) is 69.7 Å². The molecule has 150 valence electrons. The van der Waals surface area contributed by atoms with Crippen LogP contribution in [0.5, 0.6) is 0 Å². The standard InChI is InChI=1S/C18H26ClN3O3S2/c1-13(2)21-9-5-14(6-10-21)22-11-7-16(18(22)23)20-27(24,25)12-8-15-3-4-17(19)26-15/h3-4,8,12-14,16,20H,5-7,9-11H2,1-2H3/t16-/m0/s1. The van der Waals surface area contributed by atoms with E-state index in [1.165, 1.54) is 17.4 Å². The molecule has 3 rings (SSSR count). The summed E-state index contributed by atoms with van der Waals surface area (Å²) >= 11 is 7.15. The molecule has 1 atom stereocenters. The maximum atomic E-state index is 12.7. The molecule has 0 aliphatic carbocycles. The van der Waals surface area contributed by atoms with Gasteiger partial charge in [-0.25, -0.2) is 8.42 Å². The van der Waals surface area contributed by atoms with Gasteiger partial charge in [-0.2, -0.15) is 4.72 Å². The van der Waals surface area contributed by atoms with Crippen LogP contribution < -0.4 is 4.72 Å². The van der Waals surface area contributed by atoms with Crippen LogP contribution in [0.15, 0.2) is 17.5 Å². The maximum absolute atomic E-state index is 12.7. The quantitative estimate of drug-likeness (QED) is 0.751. The van der Waals surface area contributed by atoms with Crippen molar-refractivity contribution in [2.75, 3.05) is 19.6 Å². The molecular formula is C18H26ClN3O3S2. The minimum Gasteiger partial charge on any atom is -0.338 e. The van der Waals surface area contributed by atoms with Crippen molar-refractivity contribution in [3.8, 4) is 0 Å². The van der Waals surface area contributed by atoms with E-state index in [0.29, 0.717) is 23.3 Å². The van der Waals surface area contributed by atoms with E-state index >= 15 is 0 Å². The second-order valence-electron chi connectivity index (χ2n) is 7.34. The highest BCUT2D eigenvalue weighted by atomic mass is 35.5. The molecule has 0 unspecified atom stereocenters. The van der Waals surface area contributed by atoms with Crippen molar-refractivity contribution in [2.24, 2.45) is 0 Å². The molecule has 1 amide bonds. The predicted octanol–water partition coefficient (Wildman–Crippen LogP) is 2.77. The molecule has 0 saturated carbocycles. The van der Waals surface area contributed by atoms with E-state index in [1.807, 2.05) is 4.90 Å². The Labute approximate surface area is 170 Å². The Bertz CT molecular complexity index is 799. The van der Waals surface area contributed by atoms with Crippen molar-refractivity contribution >= 4 is 44.9 Å². The molecule has 0 radical (unpaired) electrons. The van der Waals surface area contributed by atoms with Crippen molar-refractivity contribution in [2.45, 2.75) is 51.2 Å². The fourth-order valence-electron chi connectivity index (χ4n) is 3.70. The van der Waals surface area contributed by atoms with Crippen LogP contribution in [0, 0.1) is 0 Å². The number of carbonyl (C=O) groups is 1. The number of thiophene rings is 1. The SMILES string of the molecule is CC(C)N1CCC(N2CC[C@H](NS(=O)(=O)C=Cc3ccc(Cl)s3)C2=O)CC1. The zero-order valence-electron chi connectivity index (χ0n) is 15.6. The summed E-state index contributed by atoms with van der Waals surface area (Å²) in [6.45, 7) is 6.94. The smallest absolute Gasteiger partial charge is 0.241 e. The largest absolute Gasteiger partial charge is 0.338 e. The number of rotatable bonds is 6. The summed E-state index contributed by atoms with van der Waals surface area (Å²) in [6, 6.07) is 3.53. The van der Waals surface area contributed by atoms with Crippen LogP contribution in [0.1, 0.15) is 38.0 Å². The molecule has 9 heteroatoms. The monoisotopic (exact) mass is 431 g/mol. The van der Waals surface area contributed by atoms with E-state index in [9.17, 15) is 13.2 Å². The summed E-state index contributed by atoms with van der Waals surface area (Å²) in [5.74, 6) is -0.103. The zero-order chi connectivity index (χ0) is 19.6. The number of piperidine rings is 1. The van der Waals surface area contributed by atoms with E-state index in [0.717, 1.165) is 36.2 Å². The second-order valence-corrected chi connectivity index (χ2v) is 10.7. The Morgan fingerprint density at radius 2 is 1.93 bits per heavy atom. The first kappa shape index (κ1) is 20.8. The van der Waals surface area contributed by atoms with Gasteiger partial charge in [-0.3, -0.25) is 4.79 Å². The molecule has 1 aromatic heterocycles. The fourth-order valence-corrected chi connectivity index (χ4v) is 5.77. The lowest BCUT2D eigenvalue weighted by Crippen LogP contribution is -2.49. The lowest BCUT2D eigenvalue weighted by atomic mass is 10.0. The molecule has 2 aliphatic heterocycles. The van der Waals surface area contributed by atoms with Gasteiger partial charge in [0.1, 0.15) is 6.04 Å². The third kappa shape index (κ3) is 5.32. The van der Waals surface area contributed by atoms with Gasteiger partial charge in [-0.1, -0.05) is 11.6 Å². The normalized spacial score (nSPS) is 23.2. The number of likely N-dealkylation sites (tertiary alicyclic amines) is 2. The number of nitrogens with zero attached hydrogens (tertiary/aromatic N) is 2. The Hall–Kier alpha value is -0.930. The fraction of sp³-hybridized carbons (Fsp3) is 0.611. The van der Waals surface area contributed by atoms with Crippen LogP contribution in [-0.2, 0) is 14.8 Å². The Morgan fingerprint density at radius 3 is 2.52 bits per heavy atom. The highest BCUT2D eigenvalue weighted by Gasteiger charge is 2.38. The number of hydrogen-bond donors (Lipinski definition) is 1. The average Bonchev–Trinajstić information content (AvgIpc) is 3.19. The second kappa shape index (κ2) is 8.61. The first-order valence-corrected chi connectivity index (χ1v) is 12.0. The maximum Gasteiger partial charge on any atom is 0.241 e. The molecule has 1 N–H and O–H groups in total. The minimum atomic E-state index is -3.68. The molecule has 2 fully saturated rings. The summed E-state index contributed by atoms with van der Waals surface area (Å²) in [5.41, 5.74) is 0. The summed E-state index contributed by atoms with van der Waals surface area (Å²) in [4.78, 5) is 17.8. The van der Waals surface area contributed by atoms with E-state index in [2.05, 4.69) is 23.5 Å². The number of hydrogen-bond acceptors (Lipinski definition) is 5. The summed E-state index contributed by atoms with van der Waals surface area (Å²) in [5, 5.41) is 1.10. The Balaban J connectivity index is 1.56. The van der Waals surface area contributed by atoms with E-state index in [-0.39, 0.29) is 11.9 Å².